The van der Waals surface area contributed by atoms with E-state index in [2.05, 4.69) is 0 Å². The average molecular weight is 440 g/mol. The maximum absolute atomic E-state index is 15.1. The predicted molar refractivity (Wildman–Crippen MR) is 93.9 cm³/mol. The summed E-state index contributed by atoms with van der Waals surface area (Å²) in [4.78, 5) is 11.4. The van der Waals surface area contributed by atoms with Crippen molar-refractivity contribution in [2.75, 3.05) is 10.8 Å². The molecule has 1 fully saturated rings. The number of amides is 1. The zero-order valence-electron chi connectivity index (χ0n) is 15.2. The fourth-order valence-corrected chi connectivity index (χ4v) is 4.97. The van der Waals surface area contributed by atoms with Crippen LogP contribution in [0.15, 0.2) is 6.07 Å². The molecule has 0 bridgehead atoms. The van der Waals surface area contributed by atoms with Crippen LogP contribution in [-0.4, -0.2) is 43.4 Å². The first-order chi connectivity index (χ1) is 13.4. The van der Waals surface area contributed by atoms with Crippen molar-refractivity contribution in [1.82, 2.24) is 4.72 Å². The number of aliphatic hydroxyl groups excluding tert-OH is 1. The molecule has 0 spiro atoms. The molecule has 1 saturated heterocycles. The molecule has 1 aliphatic carbocycles. The Labute approximate surface area is 164 Å². The van der Waals surface area contributed by atoms with Gasteiger partial charge in [0.1, 0.15) is 24.1 Å². The summed E-state index contributed by atoms with van der Waals surface area (Å²) in [5, 5.41) is 19.2. The summed E-state index contributed by atoms with van der Waals surface area (Å²) in [6.45, 7) is -0.662. The van der Waals surface area contributed by atoms with Crippen LogP contribution >= 0.6 is 0 Å². The van der Waals surface area contributed by atoms with E-state index >= 15 is 4.39 Å². The third kappa shape index (κ3) is 4.42. The summed E-state index contributed by atoms with van der Waals surface area (Å²) < 4.78 is 78.4. The first kappa shape index (κ1) is 21.6. The second-order valence-corrected chi connectivity index (χ2v) is 8.93. The molecule has 0 saturated carbocycles. The van der Waals surface area contributed by atoms with E-state index in [9.17, 15) is 31.5 Å². The lowest BCUT2D eigenvalue weighted by Crippen LogP contribution is -2.31. The number of anilines is 1. The molecule has 0 radical (unpaired) electrons. The van der Waals surface area contributed by atoms with Crippen molar-refractivity contribution in [1.29, 1.82) is 0 Å². The van der Waals surface area contributed by atoms with E-state index < -0.39 is 58.6 Å². The largest absolute Gasteiger partial charge is 0.506 e. The molecular weight excluding hydrogens is 420 g/mol. The number of fused-ring (bicyclic) bond motifs is 1. The Morgan fingerprint density at radius 1 is 1.34 bits per heavy atom. The highest BCUT2D eigenvalue weighted by atomic mass is 32.2. The fourth-order valence-electron chi connectivity index (χ4n) is 3.80. The Bertz CT molecular complexity index is 919. The number of hydrogen-bond donors (Lipinski definition) is 3. The zero-order valence-corrected chi connectivity index (χ0v) is 16.0. The second kappa shape index (κ2) is 7.63. The van der Waals surface area contributed by atoms with Crippen LogP contribution in [0.1, 0.15) is 36.8 Å². The van der Waals surface area contributed by atoms with Gasteiger partial charge in [-0.25, -0.2) is 13.4 Å². The van der Waals surface area contributed by atoms with Gasteiger partial charge in [0.25, 0.3) is 5.91 Å². The Kier molecular flexibility index (Phi) is 5.69. The van der Waals surface area contributed by atoms with E-state index in [1.165, 1.54) is 6.07 Å². The molecule has 7 nitrogen and oxygen atoms in total. The summed E-state index contributed by atoms with van der Waals surface area (Å²) in [6, 6.07) is 1.26. The van der Waals surface area contributed by atoms with Crippen molar-refractivity contribution < 1.29 is 41.0 Å². The summed E-state index contributed by atoms with van der Waals surface area (Å²) in [7, 11) is -4.31. The summed E-state index contributed by atoms with van der Waals surface area (Å²) in [5.74, 6) is -2.57. The lowest BCUT2D eigenvalue weighted by atomic mass is 9.80. The number of phenolic OH excluding ortho intramolecular Hbond substituents is 1. The van der Waals surface area contributed by atoms with Crippen molar-refractivity contribution in [2.24, 2.45) is 5.92 Å². The van der Waals surface area contributed by atoms with Gasteiger partial charge in [-0.05, 0) is 48.8 Å². The molecule has 1 heterocycles. The molecule has 1 aliphatic heterocycles. The van der Waals surface area contributed by atoms with E-state index in [0.717, 1.165) is 0 Å². The molecule has 1 aromatic carbocycles. The van der Waals surface area contributed by atoms with Crippen molar-refractivity contribution in [3.05, 3.63) is 23.0 Å². The van der Waals surface area contributed by atoms with Gasteiger partial charge < -0.3 is 10.2 Å². The second-order valence-electron chi connectivity index (χ2n) is 7.33. The minimum Gasteiger partial charge on any atom is -0.506 e. The number of benzene rings is 1. The molecule has 1 amide bonds. The minimum absolute atomic E-state index is 0.103. The van der Waals surface area contributed by atoms with Gasteiger partial charge in [-0.2, -0.15) is 21.6 Å². The number of aliphatic hydroxyl groups is 1. The number of carbonyl (C=O) groups excluding carboxylic acids is 1. The quantitative estimate of drug-likeness (QED) is 0.607. The van der Waals surface area contributed by atoms with Gasteiger partial charge in [0.2, 0.25) is 0 Å². The van der Waals surface area contributed by atoms with Gasteiger partial charge in [0.15, 0.2) is 5.82 Å². The number of carbonyl (C=O) groups is 1. The Morgan fingerprint density at radius 2 is 2.03 bits per heavy atom. The van der Waals surface area contributed by atoms with Gasteiger partial charge in [-0.1, -0.05) is 12.8 Å². The van der Waals surface area contributed by atoms with E-state index in [0.29, 0.717) is 29.1 Å². The molecule has 2 atom stereocenters. The maximum Gasteiger partial charge on any atom is 0.414 e. The highest BCUT2D eigenvalue weighted by Gasteiger charge is 2.40. The minimum atomic E-state index is -4.68. The first-order valence-electron chi connectivity index (χ1n) is 9.01. The summed E-state index contributed by atoms with van der Waals surface area (Å²) >= 11 is 0. The van der Waals surface area contributed by atoms with E-state index in [-0.39, 0.29) is 24.3 Å². The molecule has 2 aliphatic rings. The molecule has 29 heavy (non-hydrogen) atoms. The van der Waals surface area contributed by atoms with Crippen LogP contribution in [0.25, 0.3) is 0 Å². The number of alkyl halides is 3. The Balaban J connectivity index is 1.77. The number of aryl methyl sites for hydroxylation is 1. The van der Waals surface area contributed by atoms with Crippen LogP contribution < -0.4 is 9.03 Å². The van der Waals surface area contributed by atoms with E-state index in [1.807, 2.05) is 0 Å². The molecule has 0 aromatic heterocycles. The van der Waals surface area contributed by atoms with Crippen molar-refractivity contribution in [3.8, 4) is 5.75 Å². The van der Waals surface area contributed by atoms with Gasteiger partial charge in [0.05, 0.1) is 0 Å². The van der Waals surface area contributed by atoms with Crippen LogP contribution in [-0.2, 0) is 27.8 Å². The van der Waals surface area contributed by atoms with Crippen LogP contribution in [0.4, 0.5) is 23.2 Å². The normalized spacial score (nSPS) is 22.3. The lowest BCUT2D eigenvalue weighted by molar-refractivity contribution is -0.205. The van der Waals surface area contributed by atoms with Gasteiger partial charge in [0, 0.05) is 0 Å². The number of phenols is 1. The fraction of sp³-hybridized carbons (Fsp3) is 0.588. The van der Waals surface area contributed by atoms with Crippen molar-refractivity contribution in [2.45, 2.75) is 50.8 Å². The molecule has 3 N–H and O–H groups in total. The average Bonchev–Trinajstić information content (AvgIpc) is 2.86. The van der Waals surface area contributed by atoms with Crippen LogP contribution in [0.5, 0.6) is 5.75 Å². The SMILES string of the molecule is O=C1CN(c2c(O)cc3c(c2F)CC(CCCC(O)C(F)(F)F)CC3)S(=O)(=O)N1. The third-order valence-corrected chi connectivity index (χ3v) is 6.64. The number of aromatic hydroxyl groups is 1. The predicted octanol–water partition coefficient (Wildman–Crippen LogP) is 1.91. The monoisotopic (exact) mass is 440 g/mol. The molecule has 162 valence electrons. The molecule has 12 heteroatoms. The van der Waals surface area contributed by atoms with Gasteiger partial charge in [-0.15, -0.1) is 0 Å². The van der Waals surface area contributed by atoms with Gasteiger partial charge >= 0.3 is 16.4 Å². The van der Waals surface area contributed by atoms with Crippen LogP contribution in [0.2, 0.25) is 0 Å². The number of halogens is 4. The first-order valence-corrected chi connectivity index (χ1v) is 10.5. The molecule has 1 aromatic rings. The Hall–Kier alpha value is -2.08. The number of nitrogens with one attached hydrogen (secondary N) is 1. The van der Waals surface area contributed by atoms with Crippen LogP contribution in [0, 0.1) is 11.7 Å². The highest BCUT2D eigenvalue weighted by molar-refractivity contribution is 7.92. The number of nitrogens with zero attached hydrogens (tertiary/aromatic N) is 1. The van der Waals surface area contributed by atoms with Crippen LogP contribution in [0.3, 0.4) is 0 Å². The molecule has 2 unspecified atom stereocenters. The highest BCUT2D eigenvalue weighted by Crippen LogP contribution is 2.41. The lowest BCUT2D eigenvalue weighted by Gasteiger charge is -2.28. The summed E-state index contributed by atoms with van der Waals surface area (Å²) in [6.07, 6.45) is -5.99. The zero-order chi connectivity index (χ0) is 21.6. The van der Waals surface area contributed by atoms with E-state index in [1.54, 1.807) is 4.72 Å². The standard InChI is InChI=1S/C17H20F4N2O5S/c18-15-11-6-9(2-1-3-13(25)17(19,20)21)4-5-10(11)7-12(24)16(15)23-8-14(26)22-29(23,27)28/h7,9,13,24-25H,1-6,8H2,(H,22,26). The summed E-state index contributed by atoms with van der Waals surface area (Å²) in [5.41, 5.74) is 0.0569. The van der Waals surface area contributed by atoms with Crippen molar-refractivity contribution in [3.63, 3.8) is 0 Å². The Morgan fingerprint density at radius 3 is 2.62 bits per heavy atom. The van der Waals surface area contributed by atoms with E-state index in [4.69, 9.17) is 5.11 Å². The molecular formula is C17H20F4N2O5S. The van der Waals surface area contributed by atoms with Crippen molar-refractivity contribution >= 4 is 21.8 Å². The third-order valence-electron chi connectivity index (χ3n) is 5.27. The molecule has 3 rings (SSSR count). The van der Waals surface area contributed by atoms with Gasteiger partial charge in [-0.3, -0.25) is 4.79 Å². The maximum atomic E-state index is 15.1. The smallest absolute Gasteiger partial charge is 0.414 e. The topological polar surface area (TPSA) is 107 Å². The number of rotatable bonds is 5. The number of hydrogen-bond acceptors (Lipinski definition) is 5.